The quantitative estimate of drug-likeness (QED) is 0.425. The molecular weight excluding hydrogens is 486 g/mol. The summed E-state index contributed by atoms with van der Waals surface area (Å²) in [5, 5.41) is 12.4. The number of nitrogens with zero attached hydrogens (tertiary/aromatic N) is 4. The topological polar surface area (TPSA) is 101 Å². The standard InChI is InChI=1S/C26H18F2N4O5/c27-16-6-5-15-19(20(16)28)21-25(37-12-29-21)14-4-2-1-3-13(14)22(15)32-18-11-36-10-9-30(18)26(35)23-24(34)17(33)7-8-31(23)32/h1-8,12,18,22,34H,9-11H2/t18-,22-/m1/s1. The molecule has 2 aliphatic heterocycles. The Balaban J connectivity index is 1.59. The van der Waals surface area contributed by atoms with E-state index < -0.39 is 40.9 Å². The van der Waals surface area contributed by atoms with Gasteiger partial charge in [0.05, 0.1) is 19.3 Å². The number of carbonyl (C=O) groups excluding carboxylic acids is 1. The third-order valence-electron chi connectivity index (χ3n) is 7.17. The van der Waals surface area contributed by atoms with Gasteiger partial charge in [0.1, 0.15) is 11.9 Å². The van der Waals surface area contributed by atoms with Gasteiger partial charge in [-0.2, -0.15) is 0 Å². The molecule has 9 nitrogen and oxygen atoms in total. The van der Waals surface area contributed by atoms with Crippen molar-refractivity contribution in [2.45, 2.75) is 12.2 Å². The summed E-state index contributed by atoms with van der Waals surface area (Å²) < 4.78 is 43.0. The second-order valence-electron chi connectivity index (χ2n) is 9.00. The minimum atomic E-state index is -1.08. The van der Waals surface area contributed by atoms with Crippen LogP contribution in [0.3, 0.4) is 0 Å². The molecule has 11 heteroatoms. The molecule has 0 unspecified atom stereocenters. The number of carbonyl (C=O) groups is 1. The van der Waals surface area contributed by atoms with E-state index in [1.807, 2.05) is 6.07 Å². The first-order chi connectivity index (χ1) is 18.0. The molecule has 1 fully saturated rings. The van der Waals surface area contributed by atoms with Crippen molar-refractivity contribution in [3.05, 3.63) is 93.7 Å². The first-order valence-electron chi connectivity index (χ1n) is 11.6. The fraction of sp³-hybridized carbons (Fsp3) is 0.192. The molecule has 0 bridgehead atoms. The molecular formula is C26H18F2N4O5. The van der Waals surface area contributed by atoms with Crippen LogP contribution in [0.25, 0.3) is 22.6 Å². The highest BCUT2D eigenvalue weighted by molar-refractivity contribution is 5.96. The number of halogens is 2. The van der Waals surface area contributed by atoms with Gasteiger partial charge in [-0.15, -0.1) is 0 Å². The summed E-state index contributed by atoms with van der Waals surface area (Å²) in [5.41, 5.74) is 0.780. The van der Waals surface area contributed by atoms with Crippen LogP contribution in [0.4, 0.5) is 8.78 Å². The Labute approximate surface area is 207 Å². The predicted octanol–water partition coefficient (Wildman–Crippen LogP) is 3.01. The number of oxazole rings is 1. The second-order valence-corrected chi connectivity index (χ2v) is 9.00. The van der Waals surface area contributed by atoms with Crippen LogP contribution in [0.1, 0.15) is 27.7 Å². The molecule has 3 aliphatic rings. The smallest absolute Gasteiger partial charge is 0.278 e. The summed E-state index contributed by atoms with van der Waals surface area (Å²) in [6, 6.07) is 10.1. The van der Waals surface area contributed by atoms with E-state index in [4.69, 9.17) is 9.15 Å². The molecule has 0 radical (unpaired) electrons. The monoisotopic (exact) mass is 504 g/mol. The van der Waals surface area contributed by atoms with Gasteiger partial charge < -0.3 is 19.2 Å². The van der Waals surface area contributed by atoms with E-state index in [-0.39, 0.29) is 42.5 Å². The zero-order valence-corrected chi connectivity index (χ0v) is 19.1. The summed E-state index contributed by atoms with van der Waals surface area (Å²) in [4.78, 5) is 31.5. The Kier molecular flexibility index (Phi) is 4.55. The molecule has 1 amide bonds. The van der Waals surface area contributed by atoms with E-state index in [0.29, 0.717) is 16.7 Å². The van der Waals surface area contributed by atoms with Crippen molar-refractivity contribution >= 4 is 5.91 Å². The van der Waals surface area contributed by atoms with E-state index in [1.54, 1.807) is 23.2 Å². The van der Waals surface area contributed by atoms with Crippen molar-refractivity contribution in [2.75, 3.05) is 24.8 Å². The Hall–Kier alpha value is -4.51. The second kappa shape index (κ2) is 7.74. The minimum absolute atomic E-state index is 0.0723. The van der Waals surface area contributed by atoms with E-state index >= 15 is 4.39 Å². The molecule has 0 saturated carbocycles. The zero-order chi connectivity index (χ0) is 25.4. The molecule has 0 spiro atoms. The summed E-state index contributed by atoms with van der Waals surface area (Å²) in [6.07, 6.45) is 1.89. The van der Waals surface area contributed by atoms with Crippen molar-refractivity contribution in [2.24, 2.45) is 0 Å². The summed E-state index contributed by atoms with van der Waals surface area (Å²) in [7, 11) is 0. The number of benzene rings is 2. The van der Waals surface area contributed by atoms with Crippen molar-refractivity contribution in [3.8, 4) is 28.3 Å². The normalized spacial score (nSPS) is 19.9. The Bertz CT molecular complexity index is 1670. The number of pyridine rings is 1. The largest absolute Gasteiger partial charge is 0.502 e. The molecule has 1 saturated heterocycles. The Morgan fingerprint density at radius 2 is 1.89 bits per heavy atom. The molecule has 186 valence electrons. The van der Waals surface area contributed by atoms with Crippen LogP contribution >= 0.6 is 0 Å². The van der Waals surface area contributed by atoms with E-state index in [9.17, 15) is 19.1 Å². The van der Waals surface area contributed by atoms with Gasteiger partial charge in [-0.3, -0.25) is 19.3 Å². The van der Waals surface area contributed by atoms with E-state index in [1.165, 1.54) is 28.2 Å². The third-order valence-corrected chi connectivity index (χ3v) is 7.17. The highest BCUT2D eigenvalue weighted by Crippen LogP contribution is 2.48. The highest BCUT2D eigenvalue weighted by Gasteiger charge is 2.47. The molecule has 1 N–H and O–H groups in total. The van der Waals surface area contributed by atoms with Crippen molar-refractivity contribution in [1.82, 2.24) is 14.6 Å². The van der Waals surface area contributed by atoms with Crippen LogP contribution in [0.2, 0.25) is 0 Å². The minimum Gasteiger partial charge on any atom is -0.502 e. The number of ether oxygens (including phenoxy) is 1. The van der Waals surface area contributed by atoms with Crippen LogP contribution in [-0.4, -0.2) is 51.5 Å². The lowest BCUT2D eigenvalue weighted by molar-refractivity contribution is -0.0196. The number of hydrogen-bond acceptors (Lipinski definition) is 7. The van der Waals surface area contributed by atoms with Gasteiger partial charge in [-0.05, 0) is 17.2 Å². The van der Waals surface area contributed by atoms with Gasteiger partial charge in [0, 0.05) is 29.9 Å². The maximum Gasteiger partial charge on any atom is 0.278 e. The average Bonchev–Trinajstić information content (AvgIpc) is 3.35. The van der Waals surface area contributed by atoms with Gasteiger partial charge in [0.2, 0.25) is 5.43 Å². The average molecular weight is 504 g/mol. The summed E-state index contributed by atoms with van der Waals surface area (Å²) in [5.74, 6) is -3.07. The van der Waals surface area contributed by atoms with Crippen LogP contribution in [0.5, 0.6) is 5.75 Å². The van der Waals surface area contributed by atoms with E-state index in [0.717, 1.165) is 12.1 Å². The maximum atomic E-state index is 15.5. The van der Waals surface area contributed by atoms with Gasteiger partial charge in [-0.25, -0.2) is 13.8 Å². The fourth-order valence-corrected chi connectivity index (χ4v) is 5.58. The van der Waals surface area contributed by atoms with Gasteiger partial charge in [0.25, 0.3) is 5.91 Å². The Morgan fingerprint density at radius 3 is 2.76 bits per heavy atom. The fourth-order valence-electron chi connectivity index (χ4n) is 5.58. The number of rotatable bonds is 1. The van der Waals surface area contributed by atoms with Gasteiger partial charge >= 0.3 is 0 Å². The van der Waals surface area contributed by atoms with Crippen molar-refractivity contribution in [1.29, 1.82) is 0 Å². The molecule has 2 aromatic heterocycles. The Morgan fingerprint density at radius 1 is 1.05 bits per heavy atom. The van der Waals surface area contributed by atoms with Gasteiger partial charge in [0.15, 0.2) is 35.2 Å². The van der Waals surface area contributed by atoms with Crippen molar-refractivity contribution in [3.63, 3.8) is 0 Å². The number of aromatic nitrogens is 2. The van der Waals surface area contributed by atoms with Crippen LogP contribution in [-0.2, 0) is 4.74 Å². The molecule has 37 heavy (non-hydrogen) atoms. The first kappa shape index (κ1) is 21.7. The van der Waals surface area contributed by atoms with Crippen LogP contribution < -0.4 is 10.4 Å². The zero-order valence-electron chi connectivity index (χ0n) is 19.1. The first-order valence-corrected chi connectivity index (χ1v) is 11.6. The number of morpholine rings is 1. The lowest BCUT2D eigenvalue weighted by Gasteiger charge is -2.51. The lowest BCUT2D eigenvalue weighted by Crippen LogP contribution is -2.66. The van der Waals surface area contributed by atoms with Crippen LogP contribution in [0.15, 0.2) is 64.3 Å². The summed E-state index contributed by atoms with van der Waals surface area (Å²) >= 11 is 0. The molecule has 4 heterocycles. The SMILES string of the molecule is O=C1c2c(O)c(=O)ccn2N([C@@H]2c3ccccc3-c3ocnc3-c3c2ccc(F)c3F)[C@@H]2COCCN12. The number of hydrogen-bond donors (Lipinski definition) is 1. The molecule has 1 aliphatic carbocycles. The summed E-state index contributed by atoms with van der Waals surface area (Å²) in [6.45, 7) is 0.589. The van der Waals surface area contributed by atoms with Crippen molar-refractivity contribution < 1.29 is 27.8 Å². The van der Waals surface area contributed by atoms with Crippen LogP contribution in [0, 0.1) is 11.6 Å². The number of fused-ring (bicyclic) bond motifs is 7. The lowest BCUT2D eigenvalue weighted by atomic mass is 9.92. The molecule has 2 atom stereocenters. The third kappa shape index (κ3) is 2.88. The molecule has 7 rings (SSSR count). The molecule has 4 aromatic rings. The maximum absolute atomic E-state index is 15.5. The van der Waals surface area contributed by atoms with Gasteiger partial charge in [-0.1, -0.05) is 30.3 Å². The predicted molar refractivity (Wildman–Crippen MR) is 125 cm³/mol. The molecule has 2 aromatic carbocycles. The number of amides is 1. The number of aromatic hydroxyl groups is 1. The van der Waals surface area contributed by atoms with E-state index in [2.05, 4.69) is 4.98 Å². The highest BCUT2D eigenvalue weighted by atomic mass is 19.2.